The first-order chi connectivity index (χ1) is 13.7. The van der Waals surface area contributed by atoms with Crippen LogP contribution in [0.1, 0.15) is 29.3 Å². The Morgan fingerprint density at radius 2 is 1.93 bits per heavy atom. The number of nitrogens with zero attached hydrogens (tertiary/aromatic N) is 1. The van der Waals surface area contributed by atoms with E-state index in [9.17, 15) is 9.59 Å². The monoisotopic (exact) mass is 383 g/mol. The van der Waals surface area contributed by atoms with Gasteiger partial charge in [-0.2, -0.15) is 5.10 Å². The van der Waals surface area contributed by atoms with Gasteiger partial charge in [-0.3, -0.25) is 9.59 Å². The molecule has 3 rings (SSSR count). The molecule has 2 aromatic rings. The predicted octanol–water partition coefficient (Wildman–Crippen LogP) is 2.08. The highest BCUT2D eigenvalue weighted by molar-refractivity contribution is 5.96. The van der Waals surface area contributed by atoms with Gasteiger partial charge < -0.3 is 19.5 Å². The number of hydrazone groups is 1. The van der Waals surface area contributed by atoms with Crippen LogP contribution in [0.25, 0.3) is 0 Å². The zero-order chi connectivity index (χ0) is 19.8. The van der Waals surface area contributed by atoms with Crippen LogP contribution in [0.3, 0.4) is 0 Å². The number of hydrogen-bond donors (Lipinski definition) is 2. The van der Waals surface area contributed by atoms with E-state index in [-0.39, 0.29) is 19.2 Å². The molecular weight excluding hydrogens is 362 g/mol. The van der Waals surface area contributed by atoms with E-state index >= 15 is 0 Å². The molecule has 8 nitrogen and oxygen atoms in total. The molecule has 0 atom stereocenters. The molecule has 1 heterocycles. The Bertz CT molecular complexity index is 865. The van der Waals surface area contributed by atoms with Gasteiger partial charge in [0.1, 0.15) is 5.75 Å². The van der Waals surface area contributed by atoms with Crippen LogP contribution < -0.4 is 25.0 Å². The summed E-state index contributed by atoms with van der Waals surface area (Å²) in [4.78, 5) is 23.9. The topological polar surface area (TPSA) is 98.2 Å². The third-order valence-electron chi connectivity index (χ3n) is 3.80. The first kappa shape index (κ1) is 19.2. The SMILES string of the molecule is CCCOc1ccc(C(=O)NCC(=O)N/N=C/c2ccc3c(c2)OCO3)cc1. The van der Waals surface area contributed by atoms with Gasteiger partial charge in [-0.25, -0.2) is 5.43 Å². The average molecular weight is 383 g/mol. The van der Waals surface area contributed by atoms with Crippen molar-refractivity contribution < 1.29 is 23.8 Å². The molecule has 0 aromatic heterocycles. The first-order valence-corrected chi connectivity index (χ1v) is 8.88. The van der Waals surface area contributed by atoms with E-state index < -0.39 is 5.91 Å². The molecule has 0 aliphatic carbocycles. The smallest absolute Gasteiger partial charge is 0.259 e. The Morgan fingerprint density at radius 1 is 1.14 bits per heavy atom. The maximum absolute atomic E-state index is 12.1. The fourth-order valence-electron chi connectivity index (χ4n) is 2.40. The third kappa shape index (κ3) is 5.23. The molecule has 28 heavy (non-hydrogen) atoms. The molecule has 0 spiro atoms. The van der Waals surface area contributed by atoms with Crippen molar-refractivity contribution in [3.8, 4) is 17.2 Å². The second-order valence-corrected chi connectivity index (χ2v) is 5.96. The van der Waals surface area contributed by atoms with Crippen LogP contribution in [0, 0.1) is 0 Å². The van der Waals surface area contributed by atoms with E-state index in [1.807, 2.05) is 6.92 Å². The van der Waals surface area contributed by atoms with E-state index in [4.69, 9.17) is 14.2 Å². The molecule has 0 unspecified atom stereocenters. The van der Waals surface area contributed by atoms with Gasteiger partial charge >= 0.3 is 0 Å². The van der Waals surface area contributed by atoms with Gasteiger partial charge in [-0.05, 0) is 54.4 Å². The summed E-state index contributed by atoms with van der Waals surface area (Å²) in [6, 6.07) is 12.1. The minimum atomic E-state index is -0.437. The molecule has 8 heteroatoms. The summed E-state index contributed by atoms with van der Waals surface area (Å²) in [6.07, 6.45) is 2.39. The number of hydrogen-bond acceptors (Lipinski definition) is 6. The summed E-state index contributed by atoms with van der Waals surface area (Å²) in [5.41, 5.74) is 3.56. The number of fused-ring (bicyclic) bond motifs is 1. The lowest BCUT2D eigenvalue weighted by molar-refractivity contribution is -0.120. The fourth-order valence-corrected chi connectivity index (χ4v) is 2.40. The van der Waals surface area contributed by atoms with E-state index in [2.05, 4.69) is 15.8 Å². The number of amides is 2. The lowest BCUT2D eigenvalue weighted by Crippen LogP contribution is -2.34. The average Bonchev–Trinajstić information content (AvgIpc) is 3.19. The molecule has 146 valence electrons. The number of carbonyl (C=O) groups is 2. The fraction of sp³-hybridized carbons (Fsp3) is 0.250. The minimum Gasteiger partial charge on any atom is -0.494 e. The Kier molecular flexibility index (Phi) is 6.46. The van der Waals surface area contributed by atoms with Crippen LogP contribution in [0.2, 0.25) is 0 Å². The Balaban J connectivity index is 1.43. The zero-order valence-corrected chi connectivity index (χ0v) is 15.4. The van der Waals surface area contributed by atoms with E-state index in [1.54, 1.807) is 42.5 Å². The van der Waals surface area contributed by atoms with Crippen LogP contribution in [-0.4, -0.2) is 38.0 Å². The number of benzene rings is 2. The molecule has 0 saturated carbocycles. The maximum atomic E-state index is 12.1. The second-order valence-electron chi connectivity index (χ2n) is 5.96. The number of carbonyl (C=O) groups excluding carboxylic acids is 2. The first-order valence-electron chi connectivity index (χ1n) is 8.88. The molecular formula is C20H21N3O5. The van der Waals surface area contributed by atoms with Gasteiger partial charge in [-0.1, -0.05) is 6.92 Å². The Morgan fingerprint density at radius 3 is 2.71 bits per heavy atom. The standard InChI is InChI=1S/C20H21N3O5/c1-2-9-26-16-6-4-15(5-7-16)20(25)21-12-19(24)23-22-11-14-3-8-17-18(10-14)28-13-27-17/h3-8,10-11H,2,9,12-13H2,1H3,(H,21,25)(H,23,24)/b22-11+. The Hall–Kier alpha value is -3.55. The van der Waals surface area contributed by atoms with Gasteiger partial charge in [0.2, 0.25) is 6.79 Å². The highest BCUT2D eigenvalue weighted by Crippen LogP contribution is 2.31. The highest BCUT2D eigenvalue weighted by Gasteiger charge is 2.12. The van der Waals surface area contributed by atoms with Crippen molar-refractivity contribution >= 4 is 18.0 Å². The molecule has 1 aliphatic rings. The molecule has 2 N–H and O–H groups in total. The van der Waals surface area contributed by atoms with Gasteiger partial charge in [0.15, 0.2) is 11.5 Å². The van der Waals surface area contributed by atoms with Crippen molar-refractivity contribution in [2.24, 2.45) is 5.10 Å². The summed E-state index contributed by atoms with van der Waals surface area (Å²) in [5.74, 6) is 1.22. The molecule has 0 fully saturated rings. The van der Waals surface area contributed by atoms with E-state index in [1.165, 1.54) is 6.21 Å². The number of ether oxygens (including phenoxy) is 3. The summed E-state index contributed by atoms with van der Waals surface area (Å²) in [6.45, 7) is 2.65. The van der Waals surface area contributed by atoms with Crippen LogP contribution in [-0.2, 0) is 4.79 Å². The van der Waals surface area contributed by atoms with Crippen molar-refractivity contribution in [3.63, 3.8) is 0 Å². The minimum absolute atomic E-state index is 0.189. The lowest BCUT2D eigenvalue weighted by Gasteiger charge is -2.07. The largest absolute Gasteiger partial charge is 0.494 e. The molecule has 0 saturated heterocycles. The van der Waals surface area contributed by atoms with Crippen LogP contribution in [0.5, 0.6) is 17.2 Å². The van der Waals surface area contributed by atoms with Gasteiger partial charge in [0.05, 0.1) is 19.4 Å². The molecule has 1 aliphatic heterocycles. The summed E-state index contributed by atoms with van der Waals surface area (Å²) >= 11 is 0. The van der Waals surface area contributed by atoms with Crippen molar-refractivity contribution in [1.29, 1.82) is 0 Å². The van der Waals surface area contributed by atoms with Crippen molar-refractivity contribution in [2.45, 2.75) is 13.3 Å². The van der Waals surface area contributed by atoms with Crippen molar-refractivity contribution in [1.82, 2.24) is 10.7 Å². The van der Waals surface area contributed by atoms with Gasteiger partial charge in [0, 0.05) is 5.56 Å². The van der Waals surface area contributed by atoms with Gasteiger partial charge in [0.25, 0.3) is 11.8 Å². The molecule has 0 radical (unpaired) electrons. The zero-order valence-electron chi connectivity index (χ0n) is 15.4. The molecule has 2 amide bonds. The van der Waals surface area contributed by atoms with Crippen molar-refractivity contribution in [3.05, 3.63) is 53.6 Å². The van der Waals surface area contributed by atoms with E-state index in [0.717, 1.165) is 12.0 Å². The Labute approximate surface area is 162 Å². The number of nitrogens with one attached hydrogen (secondary N) is 2. The van der Waals surface area contributed by atoms with Crippen LogP contribution >= 0.6 is 0 Å². The normalized spacial score (nSPS) is 12.0. The van der Waals surface area contributed by atoms with Gasteiger partial charge in [-0.15, -0.1) is 0 Å². The highest BCUT2D eigenvalue weighted by atomic mass is 16.7. The van der Waals surface area contributed by atoms with Crippen LogP contribution in [0.4, 0.5) is 0 Å². The predicted molar refractivity (Wildman–Crippen MR) is 103 cm³/mol. The third-order valence-corrected chi connectivity index (χ3v) is 3.80. The maximum Gasteiger partial charge on any atom is 0.259 e. The van der Waals surface area contributed by atoms with Crippen molar-refractivity contribution in [2.75, 3.05) is 19.9 Å². The molecule has 0 bridgehead atoms. The summed E-state index contributed by atoms with van der Waals surface area (Å²) in [5, 5.41) is 6.41. The lowest BCUT2D eigenvalue weighted by atomic mass is 10.2. The second kappa shape index (κ2) is 9.40. The molecule has 2 aromatic carbocycles. The number of rotatable bonds is 8. The van der Waals surface area contributed by atoms with E-state index in [0.29, 0.717) is 29.4 Å². The quantitative estimate of drug-likeness (QED) is 0.537. The summed E-state index contributed by atoms with van der Waals surface area (Å²) in [7, 11) is 0. The van der Waals surface area contributed by atoms with Crippen LogP contribution in [0.15, 0.2) is 47.6 Å². The summed E-state index contributed by atoms with van der Waals surface area (Å²) < 4.78 is 16.0.